The molecule has 0 aliphatic heterocycles. The van der Waals surface area contributed by atoms with Gasteiger partial charge in [-0.25, -0.2) is 9.97 Å². The SMILES string of the molecule is CN=C(NCCc1nc(C(F)(F)F)cs1)NCc1cccc(-c2ncn[nH]2)c1. The lowest BCUT2D eigenvalue weighted by Gasteiger charge is -2.12. The number of benzene rings is 1. The van der Waals surface area contributed by atoms with Crippen molar-refractivity contribution in [3.05, 3.63) is 52.2 Å². The summed E-state index contributed by atoms with van der Waals surface area (Å²) in [5, 5.41) is 14.4. The molecule has 0 unspecified atom stereocenters. The Kier molecular flexibility index (Phi) is 6.24. The van der Waals surface area contributed by atoms with Crippen LogP contribution < -0.4 is 10.6 Å². The van der Waals surface area contributed by atoms with E-state index in [1.54, 1.807) is 7.05 Å². The standard InChI is InChI=1S/C17H18F3N7S/c1-21-16(22-6-5-14-26-13(9-28-14)17(18,19)20)23-8-11-3-2-4-12(7-11)15-24-10-25-27-15/h2-4,7,9-10H,5-6,8H2,1H3,(H2,21,22,23)(H,24,25,27). The summed E-state index contributed by atoms with van der Waals surface area (Å²) in [7, 11) is 1.63. The van der Waals surface area contributed by atoms with Crippen LogP contribution in [0.2, 0.25) is 0 Å². The Bertz CT molecular complexity index is 919. The highest BCUT2D eigenvalue weighted by atomic mass is 32.1. The van der Waals surface area contributed by atoms with Crippen molar-refractivity contribution in [3.63, 3.8) is 0 Å². The highest BCUT2D eigenvalue weighted by molar-refractivity contribution is 7.09. The number of thiazole rings is 1. The normalized spacial score (nSPS) is 12.2. The van der Waals surface area contributed by atoms with E-state index in [1.165, 1.54) is 6.33 Å². The first kappa shape index (κ1) is 19.8. The van der Waals surface area contributed by atoms with Gasteiger partial charge in [-0.3, -0.25) is 10.1 Å². The summed E-state index contributed by atoms with van der Waals surface area (Å²) in [5.41, 5.74) is 1.09. The third-order valence-electron chi connectivity index (χ3n) is 3.77. The van der Waals surface area contributed by atoms with E-state index in [0.717, 1.165) is 27.8 Å². The zero-order valence-electron chi connectivity index (χ0n) is 14.9. The second-order valence-electron chi connectivity index (χ2n) is 5.76. The molecule has 0 fully saturated rings. The van der Waals surface area contributed by atoms with E-state index < -0.39 is 11.9 Å². The minimum Gasteiger partial charge on any atom is -0.356 e. The first-order chi connectivity index (χ1) is 13.5. The molecule has 0 amide bonds. The molecule has 11 heteroatoms. The molecule has 0 atom stereocenters. The molecule has 3 aromatic rings. The van der Waals surface area contributed by atoms with Crippen LogP contribution in [-0.2, 0) is 19.1 Å². The molecule has 2 heterocycles. The summed E-state index contributed by atoms with van der Waals surface area (Å²) in [5.74, 6) is 1.24. The van der Waals surface area contributed by atoms with Crippen LogP contribution in [-0.4, -0.2) is 39.7 Å². The number of aliphatic imine (C=N–C) groups is 1. The third kappa shape index (κ3) is 5.28. The minimum atomic E-state index is -4.40. The van der Waals surface area contributed by atoms with Gasteiger partial charge in [-0.15, -0.1) is 11.3 Å². The van der Waals surface area contributed by atoms with E-state index in [0.29, 0.717) is 36.3 Å². The van der Waals surface area contributed by atoms with Gasteiger partial charge in [-0.2, -0.15) is 18.3 Å². The summed E-state index contributed by atoms with van der Waals surface area (Å²) in [6.07, 6.45) is -2.57. The number of aromatic nitrogens is 4. The quantitative estimate of drug-likeness (QED) is 0.430. The number of rotatable bonds is 6. The van der Waals surface area contributed by atoms with Crippen LogP contribution in [0.4, 0.5) is 13.2 Å². The lowest BCUT2D eigenvalue weighted by Crippen LogP contribution is -2.37. The van der Waals surface area contributed by atoms with Crippen molar-refractivity contribution in [2.24, 2.45) is 4.99 Å². The largest absolute Gasteiger partial charge is 0.434 e. The number of halogens is 3. The van der Waals surface area contributed by atoms with Crippen LogP contribution >= 0.6 is 11.3 Å². The molecule has 0 saturated heterocycles. The fourth-order valence-electron chi connectivity index (χ4n) is 2.42. The van der Waals surface area contributed by atoms with Crippen molar-refractivity contribution < 1.29 is 13.2 Å². The second-order valence-corrected chi connectivity index (χ2v) is 6.70. The molecule has 0 radical (unpaired) electrons. The Morgan fingerprint density at radius 1 is 1.29 bits per heavy atom. The fraction of sp³-hybridized carbons (Fsp3) is 0.294. The number of hydrogen-bond donors (Lipinski definition) is 3. The zero-order chi connectivity index (χ0) is 20.0. The van der Waals surface area contributed by atoms with Crippen molar-refractivity contribution in [2.45, 2.75) is 19.1 Å². The van der Waals surface area contributed by atoms with Crippen LogP contribution in [0.25, 0.3) is 11.4 Å². The van der Waals surface area contributed by atoms with Gasteiger partial charge >= 0.3 is 6.18 Å². The average Bonchev–Trinajstić information content (AvgIpc) is 3.36. The number of alkyl halides is 3. The van der Waals surface area contributed by atoms with Crippen molar-refractivity contribution in [1.29, 1.82) is 0 Å². The molecule has 28 heavy (non-hydrogen) atoms. The van der Waals surface area contributed by atoms with Gasteiger partial charge < -0.3 is 10.6 Å². The molecule has 0 aliphatic rings. The number of nitrogens with one attached hydrogen (secondary N) is 3. The van der Waals surface area contributed by atoms with Crippen LogP contribution in [0.1, 0.15) is 16.3 Å². The summed E-state index contributed by atoms with van der Waals surface area (Å²) < 4.78 is 37.7. The summed E-state index contributed by atoms with van der Waals surface area (Å²) in [4.78, 5) is 11.9. The number of hydrogen-bond acceptors (Lipinski definition) is 5. The van der Waals surface area contributed by atoms with Gasteiger partial charge in [0.1, 0.15) is 6.33 Å². The van der Waals surface area contributed by atoms with Gasteiger partial charge in [-0.05, 0) is 11.6 Å². The number of nitrogens with zero attached hydrogens (tertiary/aromatic N) is 4. The monoisotopic (exact) mass is 409 g/mol. The number of aromatic amines is 1. The highest BCUT2D eigenvalue weighted by Gasteiger charge is 2.33. The van der Waals surface area contributed by atoms with E-state index in [9.17, 15) is 13.2 Å². The summed E-state index contributed by atoms with van der Waals surface area (Å²) in [6, 6.07) is 7.80. The van der Waals surface area contributed by atoms with Gasteiger partial charge in [0.2, 0.25) is 0 Å². The van der Waals surface area contributed by atoms with Crippen molar-refractivity contribution in [2.75, 3.05) is 13.6 Å². The molecule has 7 nitrogen and oxygen atoms in total. The molecular formula is C17H18F3N7S. The Balaban J connectivity index is 1.49. The first-order valence-electron chi connectivity index (χ1n) is 8.36. The smallest absolute Gasteiger partial charge is 0.356 e. The van der Waals surface area contributed by atoms with E-state index in [-0.39, 0.29) is 0 Å². The van der Waals surface area contributed by atoms with Gasteiger partial charge in [0.15, 0.2) is 17.5 Å². The first-order valence-corrected chi connectivity index (χ1v) is 9.24. The van der Waals surface area contributed by atoms with Crippen LogP contribution in [0.15, 0.2) is 41.0 Å². The minimum absolute atomic E-state index is 0.377. The van der Waals surface area contributed by atoms with E-state index >= 15 is 0 Å². The molecule has 2 aromatic heterocycles. The topological polar surface area (TPSA) is 90.9 Å². The predicted octanol–water partition coefficient (Wildman–Crippen LogP) is 2.85. The average molecular weight is 409 g/mol. The fourth-order valence-corrected chi connectivity index (χ4v) is 3.23. The second kappa shape index (κ2) is 8.83. The van der Waals surface area contributed by atoms with Gasteiger partial charge in [0.05, 0.1) is 5.01 Å². The maximum atomic E-state index is 12.6. The van der Waals surface area contributed by atoms with Crippen molar-refractivity contribution in [3.8, 4) is 11.4 Å². The highest BCUT2D eigenvalue weighted by Crippen LogP contribution is 2.30. The number of H-pyrrole nitrogens is 1. The molecule has 3 rings (SSSR count). The summed E-state index contributed by atoms with van der Waals surface area (Å²) in [6.45, 7) is 0.944. The Morgan fingerprint density at radius 3 is 2.82 bits per heavy atom. The van der Waals surface area contributed by atoms with E-state index in [1.807, 2.05) is 24.3 Å². The lowest BCUT2D eigenvalue weighted by atomic mass is 10.1. The van der Waals surface area contributed by atoms with Gasteiger partial charge in [0.25, 0.3) is 0 Å². The van der Waals surface area contributed by atoms with Crippen molar-refractivity contribution in [1.82, 2.24) is 30.8 Å². The van der Waals surface area contributed by atoms with Crippen LogP contribution in [0, 0.1) is 0 Å². The molecule has 0 bridgehead atoms. The summed E-state index contributed by atoms with van der Waals surface area (Å²) >= 11 is 1.00. The maximum absolute atomic E-state index is 12.6. The third-order valence-corrected chi connectivity index (χ3v) is 4.68. The van der Waals surface area contributed by atoms with Crippen molar-refractivity contribution >= 4 is 17.3 Å². The van der Waals surface area contributed by atoms with Gasteiger partial charge in [-0.1, -0.05) is 18.2 Å². The van der Waals surface area contributed by atoms with Gasteiger partial charge in [0, 0.05) is 37.5 Å². The number of guanidine groups is 1. The van der Waals surface area contributed by atoms with E-state index in [2.05, 4.69) is 35.8 Å². The lowest BCUT2D eigenvalue weighted by molar-refractivity contribution is -0.140. The van der Waals surface area contributed by atoms with Crippen LogP contribution in [0.5, 0.6) is 0 Å². The van der Waals surface area contributed by atoms with Crippen LogP contribution in [0.3, 0.4) is 0 Å². The predicted molar refractivity (Wildman–Crippen MR) is 101 cm³/mol. The molecule has 148 valence electrons. The molecule has 0 saturated carbocycles. The molecule has 0 spiro atoms. The Hall–Kier alpha value is -2.95. The Labute approximate surface area is 163 Å². The molecule has 1 aromatic carbocycles. The molecule has 3 N–H and O–H groups in total. The molecule has 0 aliphatic carbocycles. The molecular weight excluding hydrogens is 391 g/mol. The maximum Gasteiger partial charge on any atom is 0.434 e. The Morgan fingerprint density at radius 2 is 2.14 bits per heavy atom. The van der Waals surface area contributed by atoms with E-state index in [4.69, 9.17) is 0 Å². The zero-order valence-corrected chi connectivity index (χ0v) is 15.7.